The van der Waals surface area contributed by atoms with Gasteiger partial charge in [-0.15, -0.1) is 0 Å². The first-order chi connectivity index (χ1) is 3.81. The van der Waals surface area contributed by atoms with Crippen molar-refractivity contribution in [3.05, 3.63) is 0 Å². The van der Waals surface area contributed by atoms with Crippen molar-refractivity contribution in [3.8, 4) is 0 Å². The van der Waals surface area contributed by atoms with Crippen LogP contribution in [-0.2, 0) is 5.11 Å². The van der Waals surface area contributed by atoms with E-state index in [0.29, 0.717) is 5.92 Å². The molecule has 2 unspecified atom stereocenters. The minimum Gasteiger partial charge on any atom is -0.229 e. The molecule has 0 aromatic rings. The van der Waals surface area contributed by atoms with Gasteiger partial charge in [-0.05, 0) is 31.6 Å². The Hall–Kier alpha value is -0.0400. The van der Waals surface area contributed by atoms with Crippen molar-refractivity contribution in [2.75, 3.05) is 0 Å². The molecular weight excluding hydrogens is 100 g/mol. The monoisotopic (exact) mass is 111 g/mol. The second-order valence-electron chi connectivity index (χ2n) is 3.19. The molecule has 0 saturated heterocycles. The molecule has 0 N–H and O–H groups in total. The molecule has 0 aliphatic heterocycles. The van der Waals surface area contributed by atoms with E-state index in [9.17, 15) is 5.11 Å². The molecule has 0 bridgehead atoms. The number of rotatable bonds is 0. The summed E-state index contributed by atoms with van der Waals surface area (Å²) in [5.41, 5.74) is -0.417. The van der Waals surface area contributed by atoms with Crippen LogP contribution in [0, 0.1) is 5.92 Å². The third-order valence-electron chi connectivity index (χ3n) is 2.81. The zero-order chi connectivity index (χ0) is 5.61. The standard InChI is InChI=1S/C7H11O/c8-7-4-1-2-6(7)3-5-7/h6H,1-5H2. The van der Waals surface area contributed by atoms with Gasteiger partial charge in [0, 0.05) is 0 Å². The zero-order valence-corrected chi connectivity index (χ0v) is 5.02. The van der Waals surface area contributed by atoms with E-state index in [-0.39, 0.29) is 0 Å². The van der Waals surface area contributed by atoms with Crippen molar-refractivity contribution in [3.63, 3.8) is 0 Å². The van der Waals surface area contributed by atoms with Gasteiger partial charge in [-0.25, -0.2) is 5.11 Å². The van der Waals surface area contributed by atoms with Crippen LogP contribution in [0.1, 0.15) is 32.1 Å². The van der Waals surface area contributed by atoms with Crippen LogP contribution in [0.3, 0.4) is 0 Å². The molecule has 2 aliphatic carbocycles. The fourth-order valence-electron chi connectivity index (χ4n) is 2.05. The van der Waals surface area contributed by atoms with E-state index in [4.69, 9.17) is 0 Å². The lowest BCUT2D eigenvalue weighted by Crippen LogP contribution is -2.40. The van der Waals surface area contributed by atoms with Gasteiger partial charge in [-0.2, -0.15) is 0 Å². The molecule has 0 aromatic heterocycles. The normalized spacial score (nSPS) is 52.9. The molecule has 1 nitrogen and oxygen atoms in total. The third kappa shape index (κ3) is 0.408. The van der Waals surface area contributed by atoms with Crippen LogP contribution in [0.15, 0.2) is 0 Å². The first-order valence-corrected chi connectivity index (χ1v) is 3.52. The average Bonchev–Trinajstić information content (AvgIpc) is 1.94. The van der Waals surface area contributed by atoms with Gasteiger partial charge in [0.25, 0.3) is 0 Å². The van der Waals surface area contributed by atoms with Gasteiger partial charge in [0.05, 0.1) is 0 Å². The van der Waals surface area contributed by atoms with Crippen LogP contribution in [-0.4, -0.2) is 5.60 Å². The van der Waals surface area contributed by atoms with Gasteiger partial charge in [-0.1, -0.05) is 6.42 Å². The molecule has 0 heterocycles. The van der Waals surface area contributed by atoms with Crippen LogP contribution in [0.5, 0.6) is 0 Å². The summed E-state index contributed by atoms with van der Waals surface area (Å²) in [6.45, 7) is 0. The smallest absolute Gasteiger partial charge is 0.106 e. The van der Waals surface area contributed by atoms with E-state index < -0.39 is 5.60 Å². The highest BCUT2D eigenvalue weighted by Crippen LogP contribution is 2.50. The van der Waals surface area contributed by atoms with Crippen molar-refractivity contribution in [2.45, 2.75) is 37.7 Å². The molecule has 2 atom stereocenters. The first-order valence-electron chi connectivity index (χ1n) is 3.52. The van der Waals surface area contributed by atoms with Gasteiger partial charge in [-0.3, -0.25) is 0 Å². The summed E-state index contributed by atoms with van der Waals surface area (Å²) in [6, 6.07) is 0. The molecule has 0 amide bonds. The largest absolute Gasteiger partial charge is 0.229 e. The average molecular weight is 111 g/mol. The highest BCUT2D eigenvalue weighted by Gasteiger charge is 2.49. The van der Waals surface area contributed by atoms with Gasteiger partial charge in [0.1, 0.15) is 5.60 Å². The lowest BCUT2D eigenvalue weighted by atomic mass is 9.72. The topological polar surface area (TPSA) is 19.9 Å². The summed E-state index contributed by atoms with van der Waals surface area (Å²) in [4.78, 5) is 0. The Morgan fingerprint density at radius 3 is 2.38 bits per heavy atom. The molecule has 2 rings (SSSR count). The fourth-order valence-corrected chi connectivity index (χ4v) is 2.05. The number of hydrogen-bond acceptors (Lipinski definition) is 0. The molecule has 0 spiro atoms. The van der Waals surface area contributed by atoms with Gasteiger partial charge in [0.2, 0.25) is 0 Å². The Balaban J connectivity index is 2.14. The zero-order valence-electron chi connectivity index (χ0n) is 5.02. The number of fused-ring (bicyclic) bond motifs is 1. The highest BCUT2D eigenvalue weighted by atomic mass is 16.3. The van der Waals surface area contributed by atoms with Crippen LogP contribution in [0.4, 0.5) is 0 Å². The SMILES string of the molecule is [O]C12CCCC1CC2. The van der Waals surface area contributed by atoms with Gasteiger partial charge >= 0.3 is 0 Å². The Labute approximate surface area is 49.7 Å². The molecule has 2 fully saturated rings. The highest BCUT2D eigenvalue weighted by molar-refractivity contribution is 4.99. The third-order valence-corrected chi connectivity index (χ3v) is 2.81. The second kappa shape index (κ2) is 1.27. The minimum absolute atomic E-state index is 0.417. The summed E-state index contributed by atoms with van der Waals surface area (Å²) in [7, 11) is 0. The minimum atomic E-state index is -0.417. The van der Waals surface area contributed by atoms with Crippen LogP contribution < -0.4 is 0 Å². The van der Waals surface area contributed by atoms with Gasteiger partial charge in [0.15, 0.2) is 0 Å². The molecule has 1 heteroatoms. The summed E-state index contributed by atoms with van der Waals surface area (Å²) in [5.74, 6) is 0.586. The van der Waals surface area contributed by atoms with Crippen LogP contribution in [0.25, 0.3) is 0 Å². The lowest BCUT2D eigenvalue weighted by Gasteiger charge is -2.37. The Morgan fingerprint density at radius 2 is 2.12 bits per heavy atom. The Kier molecular flexibility index (Phi) is 0.762. The molecular formula is C7H11O. The van der Waals surface area contributed by atoms with E-state index in [2.05, 4.69) is 0 Å². The summed E-state index contributed by atoms with van der Waals surface area (Å²) >= 11 is 0. The number of hydrogen-bond donors (Lipinski definition) is 0. The van der Waals surface area contributed by atoms with E-state index >= 15 is 0 Å². The van der Waals surface area contributed by atoms with Crippen molar-refractivity contribution in [1.82, 2.24) is 0 Å². The second-order valence-corrected chi connectivity index (χ2v) is 3.19. The quantitative estimate of drug-likeness (QED) is 0.454. The molecule has 45 valence electrons. The van der Waals surface area contributed by atoms with Crippen molar-refractivity contribution in [1.29, 1.82) is 0 Å². The maximum atomic E-state index is 11.3. The summed E-state index contributed by atoms with van der Waals surface area (Å²) in [6.07, 6.45) is 5.59. The van der Waals surface area contributed by atoms with E-state index in [1.54, 1.807) is 0 Å². The molecule has 8 heavy (non-hydrogen) atoms. The van der Waals surface area contributed by atoms with Crippen LogP contribution in [0.2, 0.25) is 0 Å². The van der Waals surface area contributed by atoms with Crippen molar-refractivity contribution < 1.29 is 5.11 Å². The van der Waals surface area contributed by atoms with Gasteiger partial charge < -0.3 is 0 Å². The van der Waals surface area contributed by atoms with E-state index in [1.165, 1.54) is 19.3 Å². The molecule has 0 aromatic carbocycles. The maximum absolute atomic E-state index is 11.3. The van der Waals surface area contributed by atoms with Crippen molar-refractivity contribution >= 4 is 0 Å². The predicted molar refractivity (Wildman–Crippen MR) is 30.0 cm³/mol. The predicted octanol–water partition coefficient (Wildman–Crippen LogP) is 1.75. The molecule has 1 radical (unpaired) electrons. The Morgan fingerprint density at radius 1 is 1.25 bits per heavy atom. The Bertz CT molecular complexity index is 111. The first kappa shape index (κ1) is 4.80. The van der Waals surface area contributed by atoms with Crippen LogP contribution >= 0.6 is 0 Å². The molecule has 2 aliphatic rings. The summed E-state index contributed by atoms with van der Waals surface area (Å²) in [5, 5.41) is 11.3. The van der Waals surface area contributed by atoms with E-state index in [1.807, 2.05) is 0 Å². The van der Waals surface area contributed by atoms with E-state index in [0.717, 1.165) is 12.8 Å². The lowest BCUT2D eigenvalue weighted by molar-refractivity contribution is -0.124. The summed E-state index contributed by atoms with van der Waals surface area (Å²) < 4.78 is 0. The fraction of sp³-hybridized carbons (Fsp3) is 1.00. The molecule has 2 saturated carbocycles. The maximum Gasteiger partial charge on any atom is 0.106 e. The van der Waals surface area contributed by atoms with Crippen molar-refractivity contribution in [2.24, 2.45) is 5.92 Å².